The van der Waals surface area contributed by atoms with Gasteiger partial charge in [0.1, 0.15) is 3.14 Å². The number of Topliss-reactive ketones (excluding diaryl/α,β-unsaturated/α-hetero) is 2. The van der Waals surface area contributed by atoms with Crippen LogP contribution in [-0.4, -0.2) is 22.4 Å². The molecule has 0 amide bonds. The molecule has 0 bridgehead atoms. The van der Waals surface area contributed by atoms with Gasteiger partial charge in [0.25, 0.3) is 5.12 Å². The minimum absolute atomic E-state index is 0.00700. The Labute approximate surface area is 177 Å². The first kappa shape index (κ1) is 20.2. The first-order chi connectivity index (χ1) is 13.0. The monoisotopic (exact) mass is 448 g/mol. The van der Waals surface area contributed by atoms with Crippen LogP contribution in [0.25, 0.3) is 0 Å². The molecule has 0 saturated heterocycles. The molecule has 0 saturated carbocycles. The first-order valence-corrected chi connectivity index (χ1v) is 11.6. The van der Waals surface area contributed by atoms with Crippen LogP contribution >= 0.6 is 58.4 Å². The average molecular weight is 449 g/mol. The summed E-state index contributed by atoms with van der Waals surface area (Å²) in [5.41, 5.74) is 1.01. The summed E-state index contributed by atoms with van der Waals surface area (Å²) in [5.74, 6) is -0.283. The van der Waals surface area contributed by atoms with Gasteiger partial charge in [-0.1, -0.05) is 72.9 Å². The summed E-state index contributed by atoms with van der Waals surface area (Å²) >= 11 is 10.1. The van der Waals surface area contributed by atoms with Crippen molar-refractivity contribution in [2.24, 2.45) is 0 Å². The minimum atomic E-state index is -0.554. The van der Waals surface area contributed by atoms with Gasteiger partial charge in [0.15, 0.2) is 5.78 Å². The topological polar surface area (TPSA) is 51.2 Å². The molecule has 27 heavy (non-hydrogen) atoms. The lowest BCUT2D eigenvalue weighted by molar-refractivity contribution is -0.107. The second-order valence-corrected chi connectivity index (χ2v) is 10.9. The average Bonchev–Trinajstić information content (AvgIpc) is 3.05. The SMILES string of the molecule is O=C(Sc1sc(=S)sc1SCC(=O)c1ccccc1)C(=O)c1ccccc1. The van der Waals surface area contributed by atoms with Gasteiger partial charge in [-0.05, 0) is 11.8 Å². The smallest absolute Gasteiger partial charge is 0.265 e. The van der Waals surface area contributed by atoms with Gasteiger partial charge in [0.05, 0.1) is 14.2 Å². The second kappa shape index (κ2) is 9.57. The van der Waals surface area contributed by atoms with E-state index in [1.807, 2.05) is 18.2 Å². The van der Waals surface area contributed by atoms with Crippen LogP contribution in [0, 0.1) is 3.14 Å². The summed E-state index contributed by atoms with van der Waals surface area (Å²) in [6, 6.07) is 17.5. The van der Waals surface area contributed by atoms with Crippen molar-refractivity contribution in [2.45, 2.75) is 8.42 Å². The van der Waals surface area contributed by atoms with Crippen LogP contribution in [0.4, 0.5) is 0 Å². The third-order valence-electron chi connectivity index (χ3n) is 3.36. The van der Waals surface area contributed by atoms with E-state index in [1.54, 1.807) is 42.5 Å². The molecule has 3 rings (SSSR count). The van der Waals surface area contributed by atoms with Crippen LogP contribution in [0.2, 0.25) is 0 Å². The minimum Gasteiger partial charge on any atom is -0.293 e. The number of ketones is 2. The third-order valence-corrected chi connectivity index (χ3v) is 8.72. The van der Waals surface area contributed by atoms with Crippen LogP contribution in [0.15, 0.2) is 69.1 Å². The summed E-state index contributed by atoms with van der Waals surface area (Å²) in [6.07, 6.45) is 0. The van der Waals surface area contributed by atoms with E-state index in [4.69, 9.17) is 12.2 Å². The number of hydrogen-bond donors (Lipinski definition) is 0. The standard InChI is InChI=1S/C19H12O3S5/c20-14(12-7-3-1-4-8-12)11-24-17-18(27-19(23)26-17)25-16(22)15(21)13-9-5-2-6-10-13/h1-10H,11H2. The zero-order valence-electron chi connectivity index (χ0n) is 13.7. The molecule has 1 aromatic heterocycles. The Hall–Kier alpha value is -1.58. The van der Waals surface area contributed by atoms with Gasteiger partial charge in [-0.15, -0.1) is 34.4 Å². The lowest BCUT2D eigenvalue weighted by atomic mass is 10.1. The fraction of sp³-hybridized carbons (Fsp3) is 0.0526. The van der Waals surface area contributed by atoms with Gasteiger partial charge >= 0.3 is 0 Å². The molecular weight excluding hydrogens is 437 g/mol. The quantitative estimate of drug-likeness (QED) is 0.191. The highest BCUT2D eigenvalue weighted by Gasteiger charge is 2.21. The van der Waals surface area contributed by atoms with E-state index < -0.39 is 10.9 Å². The zero-order chi connectivity index (χ0) is 19.2. The molecule has 0 aliphatic heterocycles. The maximum absolute atomic E-state index is 12.3. The van der Waals surface area contributed by atoms with E-state index in [9.17, 15) is 14.4 Å². The van der Waals surface area contributed by atoms with Gasteiger partial charge in [-0.2, -0.15) is 0 Å². The molecule has 0 spiro atoms. The molecule has 3 nitrogen and oxygen atoms in total. The van der Waals surface area contributed by atoms with E-state index in [-0.39, 0.29) is 11.5 Å². The van der Waals surface area contributed by atoms with Crippen LogP contribution in [0.5, 0.6) is 0 Å². The number of rotatable bonds is 7. The predicted octanol–water partition coefficient (Wildman–Crippen LogP) is 6.02. The van der Waals surface area contributed by atoms with Crippen molar-refractivity contribution in [3.05, 3.63) is 74.9 Å². The maximum Gasteiger partial charge on any atom is 0.265 e. The Bertz CT molecular complexity index is 1020. The Morgan fingerprint density at radius 1 is 0.815 bits per heavy atom. The Balaban J connectivity index is 1.69. The number of carbonyl (C=O) groups excluding carboxylic acids is 3. The summed E-state index contributed by atoms with van der Waals surface area (Å²) in [5, 5.41) is -0.554. The molecule has 0 aliphatic rings. The molecule has 0 N–H and O–H groups in total. The Morgan fingerprint density at radius 3 is 2.00 bits per heavy atom. The second-order valence-electron chi connectivity index (χ2n) is 5.19. The lowest BCUT2D eigenvalue weighted by Crippen LogP contribution is -2.09. The fourth-order valence-corrected chi connectivity index (χ4v) is 7.77. The van der Waals surface area contributed by atoms with Crippen LogP contribution in [0.1, 0.15) is 20.7 Å². The molecule has 8 heteroatoms. The van der Waals surface area contributed by atoms with Gasteiger partial charge in [0, 0.05) is 11.1 Å². The summed E-state index contributed by atoms with van der Waals surface area (Å²) < 4.78 is 2.13. The number of benzene rings is 2. The van der Waals surface area contributed by atoms with Crippen molar-refractivity contribution in [3.8, 4) is 0 Å². The number of thioether (sulfide) groups is 2. The highest BCUT2D eigenvalue weighted by atomic mass is 32.2. The summed E-state index contributed by atoms with van der Waals surface area (Å²) in [6.45, 7) is 0. The molecule has 3 aromatic rings. The van der Waals surface area contributed by atoms with Gasteiger partial charge in [0.2, 0.25) is 5.78 Å². The molecule has 2 aromatic carbocycles. The van der Waals surface area contributed by atoms with Crippen LogP contribution in [-0.2, 0) is 4.79 Å². The molecule has 0 fully saturated rings. The van der Waals surface area contributed by atoms with Crippen molar-refractivity contribution < 1.29 is 14.4 Å². The van der Waals surface area contributed by atoms with Gasteiger partial charge < -0.3 is 0 Å². The van der Waals surface area contributed by atoms with Crippen molar-refractivity contribution in [1.29, 1.82) is 0 Å². The molecule has 0 aliphatic carbocycles. The normalized spacial score (nSPS) is 10.5. The lowest BCUT2D eigenvalue weighted by Gasteiger charge is -2.02. The predicted molar refractivity (Wildman–Crippen MR) is 116 cm³/mol. The van der Waals surface area contributed by atoms with Crippen LogP contribution in [0.3, 0.4) is 0 Å². The van der Waals surface area contributed by atoms with Crippen molar-refractivity contribution >= 4 is 75.1 Å². The largest absolute Gasteiger partial charge is 0.293 e. The van der Waals surface area contributed by atoms with E-state index >= 15 is 0 Å². The van der Waals surface area contributed by atoms with Crippen molar-refractivity contribution in [2.75, 3.05) is 5.75 Å². The highest BCUT2D eigenvalue weighted by Crippen LogP contribution is 2.41. The highest BCUT2D eigenvalue weighted by molar-refractivity contribution is 8.17. The zero-order valence-corrected chi connectivity index (χ0v) is 17.8. The van der Waals surface area contributed by atoms with E-state index in [2.05, 4.69) is 0 Å². The van der Waals surface area contributed by atoms with E-state index in [1.165, 1.54) is 34.4 Å². The molecule has 136 valence electrons. The molecule has 1 heterocycles. The maximum atomic E-state index is 12.3. The third kappa shape index (κ3) is 5.46. The molecule has 0 radical (unpaired) electrons. The number of carbonyl (C=O) groups is 3. The Kier molecular flexibility index (Phi) is 7.14. The van der Waals surface area contributed by atoms with E-state index in [0.29, 0.717) is 18.5 Å². The number of hydrogen-bond acceptors (Lipinski definition) is 8. The molecule has 0 unspecified atom stereocenters. The molecule has 0 atom stereocenters. The fourth-order valence-electron chi connectivity index (χ4n) is 2.08. The first-order valence-electron chi connectivity index (χ1n) is 7.71. The molecular formula is C19H12O3S5. The van der Waals surface area contributed by atoms with Crippen molar-refractivity contribution in [1.82, 2.24) is 0 Å². The van der Waals surface area contributed by atoms with Gasteiger partial charge in [-0.3, -0.25) is 14.4 Å². The van der Waals surface area contributed by atoms with Crippen LogP contribution < -0.4 is 0 Å². The van der Waals surface area contributed by atoms with E-state index in [0.717, 1.165) is 16.0 Å². The van der Waals surface area contributed by atoms with Gasteiger partial charge in [-0.25, -0.2) is 0 Å². The van der Waals surface area contributed by atoms with Crippen molar-refractivity contribution in [3.63, 3.8) is 0 Å². The summed E-state index contributed by atoms with van der Waals surface area (Å²) in [7, 11) is 0. The Morgan fingerprint density at radius 2 is 1.37 bits per heavy atom. The summed E-state index contributed by atoms with van der Waals surface area (Å²) in [4.78, 5) is 36.9.